The van der Waals surface area contributed by atoms with Crippen LogP contribution in [-0.2, 0) is 6.54 Å². The molecule has 0 unspecified atom stereocenters. The Balaban J connectivity index is 1.83. The van der Waals surface area contributed by atoms with Gasteiger partial charge >= 0.3 is 0 Å². The summed E-state index contributed by atoms with van der Waals surface area (Å²) in [6.07, 6.45) is 4.39. The zero-order valence-corrected chi connectivity index (χ0v) is 14.6. The molecule has 0 aliphatic rings. The van der Waals surface area contributed by atoms with Gasteiger partial charge in [0, 0.05) is 37.1 Å². The molecule has 0 fully saturated rings. The minimum Gasteiger partial charge on any atom is -0.370 e. The Morgan fingerprint density at radius 2 is 1.92 bits per heavy atom. The smallest absolute Gasteiger partial charge is 0.270 e. The second kappa shape index (κ2) is 8.71. The van der Waals surface area contributed by atoms with E-state index in [0.717, 1.165) is 24.1 Å². The van der Waals surface area contributed by atoms with Gasteiger partial charge < -0.3 is 10.6 Å². The minimum absolute atomic E-state index is 0.243. The molecule has 0 spiro atoms. The number of nitrogens with one attached hydrogen (secondary N) is 2. The number of hydrogen-bond donors (Lipinski definition) is 2. The lowest BCUT2D eigenvalue weighted by atomic mass is 10.2. The molecule has 0 bridgehead atoms. The van der Waals surface area contributed by atoms with Crippen LogP contribution in [0, 0.1) is 0 Å². The normalized spacial score (nSPS) is 10.3. The van der Waals surface area contributed by atoms with Crippen LogP contribution in [0.4, 0.5) is 5.82 Å². The quantitative estimate of drug-likeness (QED) is 0.685. The van der Waals surface area contributed by atoms with E-state index in [1.165, 1.54) is 0 Å². The molecule has 1 amide bonds. The van der Waals surface area contributed by atoms with Crippen molar-refractivity contribution in [1.29, 1.82) is 0 Å². The second-order valence-electron chi connectivity index (χ2n) is 5.80. The van der Waals surface area contributed by atoms with Crippen LogP contribution < -0.4 is 10.6 Å². The van der Waals surface area contributed by atoms with Gasteiger partial charge in [-0.15, -0.1) is 0 Å². The number of hydrogen-bond acceptors (Lipinski definition) is 5. The van der Waals surface area contributed by atoms with Crippen LogP contribution in [0.5, 0.6) is 0 Å². The van der Waals surface area contributed by atoms with Gasteiger partial charge in [-0.25, -0.2) is 9.97 Å². The number of pyridine rings is 1. The number of benzene rings is 1. The van der Waals surface area contributed by atoms with Crippen molar-refractivity contribution in [2.24, 2.45) is 0 Å². The summed E-state index contributed by atoms with van der Waals surface area (Å²) in [4.78, 5) is 25.6. The average Bonchev–Trinajstić information content (AvgIpc) is 2.71. The summed E-state index contributed by atoms with van der Waals surface area (Å²) in [5.41, 5.74) is 2.14. The Hall–Kier alpha value is -3.28. The molecule has 0 saturated carbocycles. The highest BCUT2D eigenvalue weighted by atomic mass is 16.1. The molecular formula is C20H21N5O. The summed E-state index contributed by atoms with van der Waals surface area (Å²) in [7, 11) is 0. The fourth-order valence-corrected chi connectivity index (χ4v) is 2.40. The van der Waals surface area contributed by atoms with Crippen molar-refractivity contribution in [3.63, 3.8) is 0 Å². The molecule has 3 aromatic rings. The first-order valence-corrected chi connectivity index (χ1v) is 8.61. The second-order valence-corrected chi connectivity index (χ2v) is 5.80. The van der Waals surface area contributed by atoms with E-state index >= 15 is 0 Å². The lowest BCUT2D eigenvalue weighted by molar-refractivity contribution is 0.0946. The Bertz CT molecular complexity index is 853. The molecule has 2 heterocycles. The highest BCUT2D eigenvalue weighted by molar-refractivity contribution is 5.93. The molecule has 6 nitrogen and oxygen atoms in total. The Morgan fingerprint density at radius 3 is 2.65 bits per heavy atom. The summed E-state index contributed by atoms with van der Waals surface area (Å²) in [6, 6.07) is 15.1. The van der Waals surface area contributed by atoms with Gasteiger partial charge in [0.1, 0.15) is 11.5 Å². The van der Waals surface area contributed by atoms with Crippen LogP contribution in [0.2, 0.25) is 0 Å². The third-order valence-electron chi connectivity index (χ3n) is 3.72. The van der Waals surface area contributed by atoms with Gasteiger partial charge in [-0.05, 0) is 18.1 Å². The van der Waals surface area contributed by atoms with Crippen LogP contribution in [0.25, 0.3) is 11.4 Å². The molecule has 3 rings (SSSR count). The number of anilines is 1. The lowest BCUT2D eigenvalue weighted by Gasteiger charge is -2.10. The molecule has 26 heavy (non-hydrogen) atoms. The zero-order chi connectivity index (χ0) is 18.2. The number of carbonyl (C=O) groups excluding carboxylic acids is 1. The first kappa shape index (κ1) is 17.5. The molecule has 1 aromatic carbocycles. The van der Waals surface area contributed by atoms with Crippen molar-refractivity contribution < 1.29 is 4.79 Å². The largest absolute Gasteiger partial charge is 0.370 e. The Morgan fingerprint density at radius 1 is 1.08 bits per heavy atom. The molecule has 0 saturated heterocycles. The van der Waals surface area contributed by atoms with E-state index in [0.29, 0.717) is 23.9 Å². The molecule has 2 N–H and O–H groups in total. The SMILES string of the molecule is CCCNc1cc(C(=O)NCc2cccnc2)nc(-c2ccccc2)n1. The number of nitrogens with zero attached hydrogens (tertiary/aromatic N) is 3. The van der Waals surface area contributed by atoms with E-state index in [-0.39, 0.29) is 5.91 Å². The van der Waals surface area contributed by atoms with Gasteiger partial charge in [0.05, 0.1) is 0 Å². The van der Waals surface area contributed by atoms with Crippen molar-refractivity contribution in [3.05, 3.63) is 72.2 Å². The maximum Gasteiger partial charge on any atom is 0.270 e. The van der Waals surface area contributed by atoms with E-state index in [2.05, 4.69) is 32.5 Å². The molecule has 132 valence electrons. The van der Waals surface area contributed by atoms with E-state index in [4.69, 9.17) is 0 Å². The van der Waals surface area contributed by atoms with Gasteiger partial charge in [-0.2, -0.15) is 0 Å². The van der Waals surface area contributed by atoms with Crippen LogP contribution in [0.3, 0.4) is 0 Å². The van der Waals surface area contributed by atoms with Crippen molar-refractivity contribution in [2.75, 3.05) is 11.9 Å². The standard InChI is InChI=1S/C20H21N5O/c1-2-10-22-18-12-17(20(26)23-14-15-7-6-11-21-13-15)24-19(25-18)16-8-4-3-5-9-16/h3-9,11-13H,2,10,14H2,1H3,(H,23,26)(H,22,24,25). The summed E-state index contributed by atoms with van der Waals surface area (Å²) < 4.78 is 0. The third-order valence-corrected chi connectivity index (χ3v) is 3.72. The van der Waals surface area contributed by atoms with E-state index < -0.39 is 0 Å². The maximum atomic E-state index is 12.6. The lowest BCUT2D eigenvalue weighted by Crippen LogP contribution is -2.24. The molecule has 0 radical (unpaired) electrons. The number of carbonyl (C=O) groups is 1. The van der Waals surface area contributed by atoms with Gasteiger partial charge in [0.2, 0.25) is 0 Å². The molecule has 0 aliphatic carbocycles. The Kier molecular flexibility index (Phi) is 5.88. The van der Waals surface area contributed by atoms with Crippen molar-refractivity contribution in [3.8, 4) is 11.4 Å². The third kappa shape index (κ3) is 4.63. The van der Waals surface area contributed by atoms with E-state index in [1.54, 1.807) is 18.5 Å². The fraction of sp³-hybridized carbons (Fsp3) is 0.200. The predicted molar refractivity (Wildman–Crippen MR) is 102 cm³/mol. The Labute approximate surface area is 152 Å². The van der Waals surface area contributed by atoms with Gasteiger partial charge in [0.15, 0.2) is 5.82 Å². The summed E-state index contributed by atoms with van der Waals surface area (Å²) in [6.45, 7) is 3.25. The fourth-order valence-electron chi connectivity index (χ4n) is 2.40. The first-order chi connectivity index (χ1) is 12.8. The van der Waals surface area contributed by atoms with Gasteiger partial charge in [-0.3, -0.25) is 9.78 Å². The maximum absolute atomic E-state index is 12.6. The number of rotatable bonds is 7. The summed E-state index contributed by atoms with van der Waals surface area (Å²) in [5, 5.41) is 6.11. The molecule has 6 heteroatoms. The van der Waals surface area contributed by atoms with Crippen LogP contribution >= 0.6 is 0 Å². The monoisotopic (exact) mass is 347 g/mol. The zero-order valence-electron chi connectivity index (χ0n) is 14.6. The first-order valence-electron chi connectivity index (χ1n) is 8.61. The van der Waals surface area contributed by atoms with Crippen molar-refractivity contribution >= 4 is 11.7 Å². The van der Waals surface area contributed by atoms with Crippen LogP contribution in [-0.4, -0.2) is 27.4 Å². The van der Waals surface area contributed by atoms with Crippen molar-refractivity contribution in [2.45, 2.75) is 19.9 Å². The van der Waals surface area contributed by atoms with Gasteiger partial charge in [-0.1, -0.05) is 43.3 Å². The minimum atomic E-state index is -0.243. The highest BCUT2D eigenvalue weighted by Gasteiger charge is 2.13. The molecule has 2 aromatic heterocycles. The predicted octanol–water partition coefficient (Wildman–Crippen LogP) is 3.29. The average molecular weight is 347 g/mol. The van der Waals surface area contributed by atoms with Gasteiger partial charge in [0.25, 0.3) is 5.91 Å². The molecule has 0 aliphatic heterocycles. The summed E-state index contributed by atoms with van der Waals surface area (Å²) >= 11 is 0. The van der Waals surface area contributed by atoms with Crippen LogP contribution in [0.1, 0.15) is 29.4 Å². The molecular weight excluding hydrogens is 326 g/mol. The van der Waals surface area contributed by atoms with E-state index in [1.807, 2.05) is 42.5 Å². The van der Waals surface area contributed by atoms with Crippen LogP contribution in [0.15, 0.2) is 60.9 Å². The topological polar surface area (TPSA) is 79.8 Å². The highest BCUT2D eigenvalue weighted by Crippen LogP contribution is 2.18. The van der Waals surface area contributed by atoms with Crippen molar-refractivity contribution in [1.82, 2.24) is 20.3 Å². The molecule has 0 atom stereocenters. The van der Waals surface area contributed by atoms with E-state index in [9.17, 15) is 4.79 Å². The number of aromatic nitrogens is 3. The summed E-state index contributed by atoms with van der Waals surface area (Å²) in [5.74, 6) is 0.929. The number of amides is 1.